The molecule has 0 spiro atoms. The summed E-state index contributed by atoms with van der Waals surface area (Å²) in [5, 5.41) is 12.6. The Labute approximate surface area is 219 Å². The van der Waals surface area contributed by atoms with Gasteiger partial charge in [-0.15, -0.1) is 0 Å². The van der Waals surface area contributed by atoms with E-state index in [1.54, 1.807) is 49.6 Å². The van der Waals surface area contributed by atoms with E-state index in [-0.39, 0.29) is 21.9 Å². The van der Waals surface area contributed by atoms with Gasteiger partial charge in [-0.05, 0) is 55.5 Å². The predicted octanol–water partition coefficient (Wildman–Crippen LogP) is 5.87. The molecule has 0 bridgehead atoms. The second-order valence-electron chi connectivity index (χ2n) is 8.65. The average molecular weight is 517 g/mol. The Kier molecular flexibility index (Phi) is 6.39. The van der Waals surface area contributed by atoms with Crippen molar-refractivity contribution in [2.75, 3.05) is 18.6 Å². The van der Waals surface area contributed by atoms with Gasteiger partial charge < -0.3 is 19.1 Å². The number of anilines is 1. The lowest BCUT2D eigenvalue weighted by Crippen LogP contribution is -2.29. The Bertz CT molecular complexity index is 1550. The number of aromatic nitrogens is 1. The monoisotopic (exact) mass is 516 g/mol. The number of halogens is 1. The molecule has 3 aromatic carbocycles. The Balaban J connectivity index is 1.78. The minimum absolute atomic E-state index is 0.0484. The third-order valence-corrected chi connectivity index (χ3v) is 6.85. The predicted molar refractivity (Wildman–Crippen MR) is 143 cm³/mol. The SMILES string of the molecule is CCOc1ccc(Cl)c(/C(O)=C2\C(=O)C(=O)N(c3ccc(OC)cc3)C2c2cn(C)c3ccccc23)c1. The fraction of sp³-hybridized carbons (Fsp3) is 0.172. The number of carbonyl (C=O) groups is 2. The minimum atomic E-state index is -0.897. The largest absolute Gasteiger partial charge is 0.507 e. The highest BCUT2D eigenvalue weighted by Crippen LogP contribution is 2.45. The molecule has 0 radical (unpaired) electrons. The molecule has 7 nitrogen and oxygen atoms in total. The molecule has 1 aromatic heterocycles. The van der Waals surface area contributed by atoms with E-state index < -0.39 is 17.7 Å². The smallest absolute Gasteiger partial charge is 0.300 e. The summed E-state index contributed by atoms with van der Waals surface area (Å²) in [5.41, 5.74) is 2.29. The number of hydrogen-bond donors (Lipinski definition) is 1. The number of hydrogen-bond acceptors (Lipinski definition) is 5. The Morgan fingerprint density at radius 3 is 2.43 bits per heavy atom. The van der Waals surface area contributed by atoms with Gasteiger partial charge in [0.05, 0.1) is 30.4 Å². The molecule has 1 atom stereocenters. The van der Waals surface area contributed by atoms with E-state index in [1.807, 2.05) is 49.0 Å². The molecule has 37 heavy (non-hydrogen) atoms. The van der Waals surface area contributed by atoms with Crippen molar-refractivity contribution in [3.8, 4) is 11.5 Å². The number of benzene rings is 3. The van der Waals surface area contributed by atoms with Gasteiger partial charge in [-0.25, -0.2) is 0 Å². The first-order valence-electron chi connectivity index (χ1n) is 11.8. The zero-order valence-electron chi connectivity index (χ0n) is 20.6. The van der Waals surface area contributed by atoms with Crippen LogP contribution in [0, 0.1) is 0 Å². The summed E-state index contributed by atoms with van der Waals surface area (Å²) >= 11 is 6.46. The van der Waals surface area contributed by atoms with Gasteiger partial charge in [0.1, 0.15) is 17.3 Å². The molecule has 1 aliphatic rings. The van der Waals surface area contributed by atoms with Crippen LogP contribution in [-0.4, -0.2) is 35.1 Å². The van der Waals surface area contributed by atoms with Gasteiger partial charge in [-0.2, -0.15) is 0 Å². The summed E-state index contributed by atoms with van der Waals surface area (Å²) < 4.78 is 12.8. The highest BCUT2D eigenvalue weighted by Gasteiger charge is 2.48. The number of aliphatic hydroxyl groups is 1. The van der Waals surface area contributed by atoms with Crippen molar-refractivity contribution >= 4 is 45.6 Å². The quantitative estimate of drug-likeness (QED) is 0.197. The molecule has 4 aromatic rings. The number of ketones is 1. The van der Waals surface area contributed by atoms with Crippen LogP contribution in [0.2, 0.25) is 5.02 Å². The number of Topliss-reactive ketones (excluding diaryl/α,β-unsaturated/α-hetero) is 1. The first kappa shape index (κ1) is 24.5. The first-order valence-corrected chi connectivity index (χ1v) is 12.1. The number of rotatable bonds is 6. The number of aryl methyl sites for hydroxylation is 1. The zero-order chi connectivity index (χ0) is 26.3. The first-order chi connectivity index (χ1) is 17.8. The van der Waals surface area contributed by atoms with Gasteiger partial charge in [0.15, 0.2) is 0 Å². The maximum atomic E-state index is 13.6. The Morgan fingerprint density at radius 2 is 1.73 bits per heavy atom. The topological polar surface area (TPSA) is 81.0 Å². The Hall–Kier alpha value is -4.23. The van der Waals surface area contributed by atoms with Gasteiger partial charge in [-0.1, -0.05) is 29.8 Å². The van der Waals surface area contributed by atoms with E-state index in [0.717, 1.165) is 10.9 Å². The number of aliphatic hydroxyl groups excluding tert-OH is 1. The second-order valence-corrected chi connectivity index (χ2v) is 9.06. The normalized spacial score (nSPS) is 17.0. The zero-order valence-corrected chi connectivity index (χ0v) is 21.3. The van der Waals surface area contributed by atoms with E-state index in [9.17, 15) is 14.7 Å². The third-order valence-electron chi connectivity index (χ3n) is 6.52. The molecule has 1 fully saturated rings. The van der Waals surface area contributed by atoms with Crippen molar-refractivity contribution in [1.29, 1.82) is 0 Å². The van der Waals surface area contributed by atoms with Crippen molar-refractivity contribution < 1.29 is 24.2 Å². The van der Waals surface area contributed by atoms with Crippen LogP contribution in [0.25, 0.3) is 16.7 Å². The van der Waals surface area contributed by atoms with Crippen LogP contribution in [0.3, 0.4) is 0 Å². The lowest BCUT2D eigenvalue weighted by atomic mass is 9.94. The van der Waals surface area contributed by atoms with Gasteiger partial charge in [0, 0.05) is 41.0 Å². The number of amides is 1. The van der Waals surface area contributed by atoms with Crippen molar-refractivity contribution in [1.82, 2.24) is 4.57 Å². The van der Waals surface area contributed by atoms with Crippen molar-refractivity contribution in [3.05, 3.63) is 94.6 Å². The summed E-state index contributed by atoms with van der Waals surface area (Å²) in [4.78, 5) is 28.5. The number of ether oxygens (including phenoxy) is 2. The van der Waals surface area contributed by atoms with Crippen LogP contribution in [0.15, 0.2) is 78.5 Å². The maximum absolute atomic E-state index is 13.6. The summed E-state index contributed by atoms with van der Waals surface area (Å²) in [6.07, 6.45) is 1.88. The molecule has 0 saturated carbocycles. The van der Waals surface area contributed by atoms with E-state index in [0.29, 0.717) is 29.4 Å². The Morgan fingerprint density at radius 1 is 1.03 bits per heavy atom. The average Bonchev–Trinajstić information content (AvgIpc) is 3.38. The molecule has 1 saturated heterocycles. The van der Waals surface area contributed by atoms with Crippen LogP contribution in [0.5, 0.6) is 11.5 Å². The van der Waals surface area contributed by atoms with Gasteiger partial charge in [-0.3, -0.25) is 14.5 Å². The maximum Gasteiger partial charge on any atom is 0.300 e. The molecule has 1 unspecified atom stereocenters. The number of fused-ring (bicyclic) bond motifs is 1. The number of nitrogens with zero attached hydrogens (tertiary/aromatic N) is 2. The van der Waals surface area contributed by atoms with E-state index in [4.69, 9.17) is 21.1 Å². The summed E-state index contributed by atoms with van der Waals surface area (Å²) in [7, 11) is 3.45. The molecule has 188 valence electrons. The summed E-state index contributed by atoms with van der Waals surface area (Å²) in [6.45, 7) is 2.26. The third kappa shape index (κ3) is 4.11. The molecule has 1 N–H and O–H groups in total. The number of methoxy groups -OCH3 is 1. The lowest BCUT2D eigenvalue weighted by molar-refractivity contribution is -0.132. The van der Waals surface area contributed by atoms with Gasteiger partial charge in [0.2, 0.25) is 0 Å². The fourth-order valence-electron chi connectivity index (χ4n) is 4.81. The second kappa shape index (κ2) is 9.67. The molecular weight excluding hydrogens is 492 g/mol. The summed E-state index contributed by atoms with van der Waals surface area (Å²) in [5.74, 6) is -0.814. The van der Waals surface area contributed by atoms with Gasteiger partial charge >= 0.3 is 0 Å². The minimum Gasteiger partial charge on any atom is -0.507 e. The van der Waals surface area contributed by atoms with Crippen LogP contribution in [0.1, 0.15) is 24.1 Å². The molecule has 1 aliphatic heterocycles. The van der Waals surface area contributed by atoms with Crippen LogP contribution < -0.4 is 14.4 Å². The van der Waals surface area contributed by atoms with Crippen LogP contribution in [0.4, 0.5) is 5.69 Å². The molecule has 0 aliphatic carbocycles. The highest BCUT2D eigenvalue weighted by atomic mass is 35.5. The van der Waals surface area contributed by atoms with Gasteiger partial charge in [0.25, 0.3) is 11.7 Å². The number of para-hydroxylation sites is 1. The molecular formula is C29H25ClN2O5. The molecule has 8 heteroatoms. The fourth-order valence-corrected chi connectivity index (χ4v) is 5.02. The molecule has 5 rings (SSSR count). The van der Waals surface area contributed by atoms with Crippen molar-refractivity contribution in [2.45, 2.75) is 13.0 Å². The van der Waals surface area contributed by atoms with Crippen molar-refractivity contribution in [2.24, 2.45) is 7.05 Å². The van der Waals surface area contributed by atoms with E-state index >= 15 is 0 Å². The summed E-state index contributed by atoms with van der Waals surface area (Å²) in [6, 6.07) is 18.5. The number of carbonyl (C=O) groups excluding carboxylic acids is 2. The molecule has 1 amide bonds. The highest BCUT2D eigenvalue weighted by molar-refractivity contribution is 6.52. The molecule has 2 heterocycles. The van der Waals surface area contributed by atoms with E-state index in [2.05, 4.69) is 0 Å². The lowest BCUT2D eigenvalue weighted by Gasteiger charge is -2.25. The van der Waals surface area contributed by atoms with Crippen LogP contribution in [-0.2, 0) is 16.6 Å². The standard InChI is InChI=1S/C29H25ClN2O5/c1-4-37-19-13-14-23(30)21(15-19)27(33)25-26(22-16-31(2)24-8-6-5-7-20(22)24)32(29(35)28(25)34)17-9-11-18(36-3)12-10-17/h5-16,26,33H,4H2,1-3H3/b27-25+. The van der Waals surface area contributed by atoms with Crippen LogP contribution >= 0.6 is 11.6 Å². The van der Waals surface area contributed by atoms with E-state index in [1.165, 1.54) is 4.90 Å². The van der Waals surface area contributed by atoms with Crippen molar-refractivity contribution in [3.63, 3.8) is 0 Å².